The maximum absolute atomic E-state index is 6.22. The monoisotopic (exact) mass is 386 g/mol. The van der Waals surface area contributed by atoms with Gasteiger partial charge < -0.3 is 4.74 Å². The SMILES string of the molecule is ClCC(CCl)(CCOc1cccc(Br)c1)c1ccccc1. The molecule has 0 aromatic heterocycles. The third-order valence-electron chi connectivity index (χ3n) is 3.54. The predicted octanol–water partition coefficient (Wildman–Crippen LogP) is 5.63. The van der Waals surface area contributed by atoms with Gasteiger partial charge in [0.05, 0.1) is 6.61 Å². The van der Waals surface area contributed by atoms with Crippen molar-refractivity contribution in [1.29, 1.82) is 0 Å². The third-order valence-corrected chi connectivity index (χ3v) is 5.06. The summed E-state index contributed by atoms with van der Waals surface area (Å²) in [5.74, 6) is 1.79. The van der Waals surface area contributed by atoms with Crippen molar-refractivity contribution in [1.82, 2.24) is 0 Å². The van der Waals surface area contributed by atoms with Gasteiger partial charge in [-0.15, -0.1) is 23.2 Å². The molecule has 0 aliphatic heterocycles. The number of alkyl halides is 2. The lowest BCUT2D eigenvalue weighted by Crippen LogP contribution is -2.32. The Morgan fingerprint density at radius 2 is 1.67 bits per heavy atom. The van der Waals surface area contributed by atoms with Crippen molar-refractivity contribution >= 4 is 39.1 Å². The molecule has 0 aliphatic rings. The topological polar surface area (TPSA) is 9.23 Å². The Morgan fingerprint density at radius 1 is 0.952 bits per heavy atom. The number of halogens is 3. The Bertz CT molecular complexity index is 556. The van der Waals surface area contributed by atoms with Crippen LogP contribution in [0.15, 0.2) is 59.1 Å². The molecule has 0 saturated carbocycles. The van der Waals surface area contributed by atoms with Crippen molar-refractivity contribution in [3.63, 3.8) is 0 Å². The molecule has 4 heteroatoms. The van der Waals surface area contributed by atoms with Gasteiger partial charge in [-0.3, -0.25) is 0 Å². The van der Waals surface area contributed by atoms with E-state index in [1.54, 1.807) is 0 Å². The van der Waals surface area contributed by atoms with E-state index >= 15 is 0 Å². The Hall–Kier alpha value is -0.700. The van der Waals surface area contributed by atoms with Gasteiger partial charge in [0.1, 0.15) is 5.75 Å². The fourth-order valence-corrected chi connectivity index (χ4v) is 3.42. The van der Waals surface area contributed by atoms with Crippen LogP contribution in [0.4, 0.5) is 0 Å². The molecule has 0 radical (unpaired) electrons. The molecule has 0 bridgehead atoms. The summed E-state index contributed by atoms with van der Waals surface area (Å²) in [4.78, 5) is 0. The zero-order chi connectivity index (χ0) is 15.1. The molecule has 2 aromatic carbocycles. The first-order chi connectivity index (χ1) is 10.2. The zero-order valence-corrected chi connectivity index (χ0v) is 14.7. The number of benzene rings is 2. The van der Waals surface area contributed by atoms with Gasteiger partial charge in [0, 0.05) is 21.6 Å². The van der Waals surface area contributed by atoms with Crippen molar-refractivity contribution in [3.8, 4) is 5.75 Å². The molecule has 0 amide bonds. The second-order valence-corrected chi connectivity index (χ2v) is 6.42. The Morgan fingerprint density at radius 3 is 2.29 bits per heavy atom. The highest BCUT2D eigenvalue weighted by Gasteiger charge is 2.30. The van der Waals surface area contributed by atoms with Crippen molar-refractivity contribution in [2.24, 2.45) is 0 Å². The highest BCUT2D eigenvalue weighted by atomic mass is 79.9. The molecular formula is C17H17BrCl2O. The van der Waals surface area contributed by atoms with Gasteiger partial charge >= 0.3 is 0 Å². The first kappa shape index (κ1) is 16.7. The van der Waals surface area contributed by atoms with Gasteiger partial charge in [0.25, 0.3) is 0 Å². The summed E-state index contributed by atoms with van der Waals surface area (Å²) in [5, 5.41) is 0. The minimum absolute atomic E-state index is 0.254. The third kappa shape index (κ3) is 4.38. The highest BCUT2D eigenvalue weighted by Crippen LogP contribution is 2.31. The molecule has 0 heterocycles. The predicted molar refractivity (Wildman–Crippen MR) is 93.8 cm³/mol. The van der Waals surface area contributed by atoms with Gasteiger partial charge in [0.15, 0.2) is 0 Å². The van der Waals surface area contributed by atoms with E-state index in [-0.39, 0.29) is 5.41 Å². The summed E-state index contributed by atoms with van der Waals surface area (Å²) < 4.78 is 6.82. The summed E-state index contributed by atoms with van der Waals surface area (Å²) in [6.07, 6.45) is 0.774. The van der Waals surface area contributed by atoms with Crippen LogP contribution in [0.5, 0.6) is 5.75 Å². The fourth-order valence-electron chi connectivity index (χ4n) is 2.18. The lowest BCUT2D eigenvalue weighted by atomic mass is 9.81. The zero-order valence-electron chi connectivity index (χ0n) is 11.6. The Balaban J connectivity index is 2.04. The second-order valence-electron chi connectivity index (χ2n) is 4.97. The van der Waals surface area contributed by atoms with E-state index in [0.717, 1.165) is 22.2 Å². The van der Waals surface area contributed by atoms with Crippen LogP contribution >= 0.6 is 39.1 Å². The fraction of sp³-hybridized carbons (Fsp3) is 0.294. The van der Waals surface area contributed by atoms with Crippen molar-refractivity contribution in [3.05, 3.63) is 64.6 Å². The molecule has 1 nitrogen and oxygen atoms in total. The summed E-state index contributed by atoms with van der Waals surface area (Å²) in [6, 6.07) is 18.0. The normalized spacial score (nSPS) is 11.4. The summed E-state index contributed by atoms with van der Waals surface area (Å²) >= 11 is 15.9. The number of hydrogen-bond donors (Lipinski definition) is 0. The molecule has 0 unspecified atom stereocenters. The molecule has 2 rings (SSSR count). The van der Waals surface area contributed by atoms with Gasteiger partial charge in [-0.25, -0.2) is 0 Å². The lowest BCUT2D eigenvalue weighted by molar-refractivity contribution is 0.275. The summed E-state index contributed by atoms with van der Waals surface area (Å²) in [6.45, 7) is 0.574. The second kappa shape index (κ2) is 8.07. The van der Waals surface area contributed by atoms with E-state index in [0.29, 0.717) is 18.4 Å². The van der Waals surface area contributed by atoms with Crippen LogP contribution in [0.1, 0.15) is 12.0 Å². The molecule has 0 saturated heterocycles. The van der Waals surface area contributed by atoms with Crippen LogP contribution in [-0.2, 0) is 5.41 Å². The molecule has 0 N–H and O–H groups in total. The van der Waals surface area contributed by atoms with Crippen molar-refractivity contribution in [2.45, 2.75) is 11.8 Å². The molecule has 112 valence electrons. The molecule has 0 atom stereocenters. The van der Waals surface area contributed by atoms with E-state index in [9.17, 15) is 0 Å². The molecule has 21 heavy (non-hydrogen) atoms. The minimum atomic E-state index is -0.254. The standard InChI is InChI=1S/C17H17BrCl2O/c18-15-7-4-8-16(11-15)21-10-9-17(12-19,13-20)14-5-2-1-3-6-14/h1-8,11H,9-10,12-13H2. The minimum Gasteiger partial charge on any atom is -0.494 e. The average molecular weight is 388 g/mol. The molecule has 0 spiro atoms. The van der Waals surface area contributed by atoms with Crippen LogP contribution in [0.2, 0.25) is 0 Å². The van der Waals surface area contributed by atoms with Crippen LogP contribution < -0.4 is 4.74 Å². The largest absolute Gasteiger partial charge is 0.494 e. The Labute approximate surface area is 144 Å². The quantitative estimate of drug-likeness (QED) is 0.559. The molecule has 0 fully saturated rings. The van der Waals surface area contributed by atoms with E-state index < -0.39 is 0 Å². The Kier molecular flexibility index (Phi) is 6.40. The summed E-state index contributed by atoms with van der Waals surface area (Å²) in [7, 11) is 0. The van der Waals surface area contributed by atoms with E-state index in [1.165, 1.54) is 0 Å². The lowest BCUT2D eigenvalue weighted by Gasteiger charge is -2.30. The first-order valence-electron chi connectivity index (χ1n) is 6.76. The van der Waals surface area contributed by atoms with Crippen LogP contribution in [-0.4, -0.2) is 18.4 Å². The molecule has 0 aliphatic carbocycles. The first-order valence-corrected chi connectivity index (χ1v) is 8.62. The van der Waals surface area contributed by atoms with Crippen molar-refractivity contribution < 1.29 is 4.74 Å². The van der Waals surface area contributed by atoms with Gasteiger partial charge in [-0.2, -0.15) is 0 Å². The number of hydrogen-bond acceptors (Lipinski definition) is 1. The van der Waals surface area contributed by atoms with Crippen molar-refractivity contribution in [2.75, 3.05) is 18.4 Å². The summed E-state index contributed by atoms with van der Waals surface area (Å²) in [5.41, 5.74) is 0.906. The van der Waals surface area contributed by atoms with Crippen LogP contribution in [0.3, 0.4) is 0 Å². The van der Waals surface area contributed by atoms with Gasteiger partial charge in [-0.05, 0) is 30.2 Å². The molecular weight excluding hydrogens is 371 g/mol. The van der Waals surface area contributed by atoms with E-state index in [2.05, 4.69) is 28.1 Å². The smallest absolute Gasteiger partial charge is 0.120 e. The molecule has 2 aromatic rings. The van der Waals surface area contributed by atoms with E-state index in [4.69, 9.17) is 27.9 Å². The van der Waals surface area contributed by atoms with Crippen LogP contribution in [0.25, 0.3) is 0 Å². The maximum Gasteiger partial charge on any atom is 0.120 e. The maximum atomic E-state index is 6.22. The average Bonchev–Trinajstić information content (AvgIpc) is 2.53. The van der Waals surface area contributed by atoms with E-state index in [1.807, 2.05) is 42.5 Å². The highest BCUT2D eigenvalue weighted by molar-refractivity contribution is 9.10. The van der Waals surface area contributed by atoms with Crippen LogP contribution in [0, 0.1) is 0 Å². The van der Waals surface area contributed by atoms with Gasteiger partial charge in [-0.1, -0.05) is 52.3 Å². The number of rotatable bonds is 7. The number of ether oxygens (including phenoxy) is 1. The van der Waals surface area contributed by atoms with Gasteiger partial charge in [0.2, 0.25) is 0 Å².